The van der Waals surface area contributed by atoms with Crippen LogP contribution in [0, 0.1) is 6.92 Å². The van der Waals surface area contributed by atoms with E-state index in [1.165, 1.54) is 33.2 Å². The summed E-state index contributed by atoms with van der Waals surface area (Å²) in [5, 5.41) is 4.37. The van der Waals surface area contributed by atoms with Gasteiger partial charge in [-0.25, -0.2) is 0 Å². The van der Waals surface area contributed by atoms with Crippen LogP contribution in [0.25, 0.3) is 10.9 Å². The molecule has 0 aliphatic heterocycles. The van der Waals surface area contributed by atoms with E-state index in [1.54, 1.807) is 0 Å². The van der Waals surface area contributed by atoms with Crippen LogP contribution in [0.15, 0.2) is 85.1 Å². The third-order valence-corrected chi connectivity index (χ3v) is 5.95. The van der Waals surface area contributed by atoms with Crippen LogP contribution >= 0.6 is 0 Å². The first kappa shape index (κ1) is 20.9. The molecule has 3 heteroatoms. The van der Waals surface area contributed by atoms with Gasteiger partial charge in [0, 0.05) is 42.5 Å². The van der Waals surface area contributed by atoms with Crippen molar-refractivity contribution in [2.75, 3.05) is 6.54 Å². The third kappa shape index (κ3) is 4.88. The van der Waals surface area contributed by atoms with Gasteiger partial charge < -0.3 is 9.88 Å². The van der Waals surface area contributed by atoms with Crippen LogP contribution in [0.4, 0.5) is 0 Å². The first-order valence-electron chi connectivity index (χ1n) is 11.1. The molecule has 0 aliphatic rings. The number of carbonyl (C=O) groups is 1. The SMILES string of the molecule is CCn1cc([C@H](CC(=O)NCCc2ccccc2)c2cccc(C)c2)c2ccccc21. The first-order chi connectivity index (χ1) is 15.2. The number of carbonyl (C=O) groups excluding carboxylic acids is 1. The number of hydrogen-bond donors (Lipinski definition) is 1. The van der Waals surface area contributed by atoms with Crippen LogP contribution in [-0.2, 0) is 17.8 Å². The van der Waals surface area contributed by atoms with E-state index in [2.05, 4.69) is 90.6 Å². The highest BCUT2D eigenvalue weighted by atomic mass is 16.1. The zero-order valence-corrected chi connectivity index (χ0v) is 18.3. The predicted octanol–water partition coefficient (Wildman–Crippen LogP) is 5.85. The number of nitrogens with one attached hydrogen (secondary N) is 1. The van der Waals surface area contributed by atoms with Gasteiger partial charge in [-0.1, -0.05) is 78.4 Å². The molecule has 0 saturated heterocycles. The Labute approximate surface area is 184 Å². The molecule has 1 N–H and O–H groups in total. The Balaban J connectivity index is 1.59. The molecule has 4 aromatic rings. The summed E-state index contributed by atoms with van der Waals surface area (Å²) in [6.45, 7) is 5.83. The van der Waals surface area contributed by atoms with Crippen molar-refractivity contribution in [3.63, 3.8) is 0 Å². The topological polar surface area (TPSA) is 34.0 Å². The van der Waals surface area contributed by atoms with Gasteiger partial charge in [0.15, 0.2) is 0 Å². The summed E-state index contributed by atoms with van der Waals surface area (Å²) in [4.78, 5) is 13.0. The van der Waals surface area contributed by atoms with Crippen LogP contribution < -0.4 is 5.32 Å². The molecule has 1 atom stereocenters. The molecule has 0 saturated carbocycles. The lowest BCUT2D eigenvalue weighted by atomic mass is 9.87. The maximum Gasteiger partial charge on any atom is 0.220 e. The summed E-state index contributed by atoms with van der Waals surface area (Å²) in [6.07, 6.45) is 3.52. The molecule has 0 radical (unpaired) electrons. The maximum atomic E-state index is 13.0. The second-order valence-corrected chi connectivity index (χ2v) is 8.14. The molecule has 1 aromatic heterocycles. The highest BCUT2D eigenvalue weighted by Crippen LogP contribution is 2.35. The van der Waals surface area contributed by atoms with Gasteiger partial charge in [-0.3, -0.25) is 4.79 Å². The van der Waals surface area contributed by atoms with Gasteiger partial charge in [0.2, 0.25) is 5.91 Å². The Morgan fingerprint density at radius 1 is 0.968 bits per heavy atom. The summed E-state index contributed by atoms with van der Waals surface area (Å²) in [7, 11) is 0. The van der Waals surface area contributed by atoms with Crippen LogP contribution in [0.3, 0.4) is 0 Å². The van der Waals surface area contributed by atoms with Crippen LogP contribution in [0.2, 0.25) is 0 Å². The predicted molar refractivity (Wildman–Crippen MR) is 128 cm³/mol. The minimum absolute atomic E-state index is 0.0225. The fourth-order valence-corrected chi connectivity index (χ4v) is 4.36. The van der Waals surface area contributed by atoms with Crippen LogP contribution in [0.5, 0.6) is 0 Å². The molecule has 31 heavy (non-hydrogen) atoms. The molecule has 3 nitrogen and oxygen atoms in total. The Hall–Kier alpha value is -3.33. The van der Waals surface area contributed by atoms with Gasteiger partial charge in [0.05, 0.1) is 0 Å². The van der Waals surface area contributed by atoms with Crippen molar-refractivity contribution in [1.82, 2.24) is 9.88 Å². The number of nitrogens with zero attached hydrogens (tertiary/aromatic N) is 1. The van der Waals surface area contributed by atoms with E-state index < -0.39 is 0 Å². The van der Waals surface area contributed by atoms with E-state index in [1.807, 2.05) is 18.2 Å². The third-order valence-electron chi connectivity index (χ3n) is 5.95. The average Bonchev–Trinajstić information content (AvgIpc) is 3.17. The Morgan fingerprint density at radius 2 is 1.74 bits per heavy atom. The number of rotatable bonds is 8. The molecule has 1 heterocycles. The smallest absolute Gasteiger partial charge is 0.220 e. The summed E-state index contributed by atoms with van der Waals surface area (Å²) in [5.74, 6) is 0.116. The lowest BCUT2D eigenvalue weighted by Crippen LogP contribution is -2.27. The summed E-state index contributed by atoms with van der Waals surface area (Å²) in [6, 6.07) is 27.3. The molecule has 0 fully saturated rings. The molecule has 4 rings (SSSR count). The van der Waals surface area contributed by atoms with Gasteiger partial charge in [-0.05, 0) is 43.0 Å². The molecule has 0 bridgehead atoms. The van der Waals surface area contributed by atoms with E-state index in [-0.39, 0.29) is 11.8 Å². The molecule has 3 aromatic carbocycles. The van der Waals surface area contributed by atoms with E-state index in [9.17, 15) is 4.79 Å². The lowest BCUT2D eigenvalue weighted by Gasteiger charge is -2.18. The fraction of sp³-hybridized carbons (Fsp3) is 0.250. The van der Waals surface area contributed by atoms with Gasteiger partial charge in [0.25, 0.3) is 0 Å². The van der Waals surface area contributed by atoms with Gasteiger partial charge in [-0.15, -0.1) is 0 Å². The Bertz CT molecular complexity index is 1160. The van der Waals surface area contributed by atoms with E-state index in [0.29, 0.717) is 13.0 Å². The number of amides is 1. The minimum Gasteiger partial charge on any atom is -0.356 e. The van der Waals surface area contributed by atoms with E-state index >= 15 is 0 Å². The quantitative estimate of drug-likeness (QED) is 0.388. The number of benzene rings is 3. The van der Waals surface area contributed by atoms with Crippen LogP contribution in [-0.4, -0.2) is 17.0 Å². The van der Waals surface area contributed by atoms with Crippen molar-refractivity contribution in [1.29, 1.82) is 0 Å². The zero-order valence-electron chi connectivity index (χ0n) is 18.3. The van der Waals surface area contributed by atoms with Crippen molar-refractivity contribution in [2.24, 2.45) is 0 Å². The van der Waals surface area contributed by atoms with E-state index in [4.69, 9.17) is 0 Å². The van der Waals surface area contributed by atoms with Gasteiger partial charge >= 0.3 is 0 Å². The van der Waals surface area contributed by atoms with Crippen molar-refractivity contribution < 1.29 is 4.79 Å². The molecule has 0 spiro atoms. The number of aromatic nitrogens is 1. The average molecular weight is 411 g/mol. The van der Waals surface area contributed by atoms with Gasteiger partial charge in [0.1, 0.15) is 0 Å². The highest BCUT2D eigenvalue weighted by molar-refractivity contribution is 5.86. The van der Waals surface area contributed by atoms with Crippen molar-refractivity contribution in [2.45, 2.75) is 39.2 Å². The normalized spacial score (nSPS) is 12.1. The largest absolute Gasteiger partial charge is 0.356 e. The Kier molecular flexibility index (Phi) is 6.51. The Morgan fingerprint density at radius 3 is 2.52 bits per heavy atom. The molecule has 1 amide bonds. The van der Waals surface area contributed by atoms with E-state index in [0.717, 1.165) is 13.0 Å². The molecule has 0 aliphatic carbocycles. The standard InChI is InChI=1S/C28H30N2O/c1-3-30-20-26(24-14-7-8-15-27(24)30)25(23-13-9-10-21(2)18-23)19-28(31)29-17-16-22-11-5-4-6-12-22/h4-15,18,20,25H,3,16-17,19H2,1-2H3,(H,29,31)/t25-/m1/s1. The second kappa shape index (κ2) is 9.65. The molecule has 158 valence electrons. The fourth-order valence-electron chi connectivity index (χ4n) is 4.36. The number of hydrogen-bond acceptors (Lipinski definition) is 1. The van der Waals surface area contributed by atoms with Gasteiger partial charge in [-0.2, -0.15) is 0 Å². The van der Waals surface area contributed by atoms with Crippen molar-refractivity contribution in [3.8, 4) is 0 Å². The minimum atomic E-state index is 0.0225. The number of para-hydroxylation sites is 1. The number of aryl methyl sites for hydroxylation is 2. The molecular formula is C28H30N2O. The molecule has 0 unspecified atom stereocenters. The molecular weight excluding hydrogens is 380 g/mol. The van der Waals surface area contributed by atoms with Crippen molar-refractivity contribution in [3.05, 3.63) is 107 Å². The zero-order chi connectivity index (χ0) is 21.6. The van der Waals surface area contributed by atoms with Crippen molar-refractivity contribution >= 4 is 16.8 Å². The first-order valence-corrected chi connectivity index (χ1v) is 11.1. The summed E-state index contributed by atoms with van der Waals surface area (Å²) in [5.41, 5.74) is 6.09. The highest BCUT2D eigenvalue weighted by Gasteiger charge is 2.22. The monoisotopic (exact) mass is 410 g/mol. The van der Waals surface area contributed by atoms with Crippen LogP contribution in [0.1, 0.15) is 41.5 Å². The second-order valence-electron chi connectivity index (χ2n) is 8.14. The lowest BCUT2D eigenvalue weighted by molar-refractivity contribution is -0.121. The maximum absolute atomic E-state index is 13.0. The summed E-state index contributed by atoms with van der Waals surface area (Å²) >= 11 is 0. The number of fused-ring (bicyclic) bond motifs is 1. The summed E-state index contributed by atoms with van der Waals surface area (Å²) < 4.78 is 2.28.